The number of allylic oxidation sites excluding steroid dienone is 2. The highest BCUT2D eigenvalue weighted by atomic mass is 19.1. The minimum Gasteiger partial charge on any atom is -0.393 e. The van der Waals surface area contributed by atoms with Gasteiger partial charge in [0, 0.05) is 5.92 Å². The average molecular weight is 349 g/mol. The molecule has 4 rings (SSSR count). The number of hydrogen-bond donors (Lipinski definition) is 2. The third-order valence-corrected chi connectivity index (χ3v) is 8.80. The summed E-state index contributed by atoms with van der Waals surface area (Å²) >= 11 is 0. The fourth-order valence-electron chi connectivity index (χ4n) is 7.41. The molecule has 0 aliphatic heterocycles. The summed E-state index contributed by atoms with van der Waals surface area (Å²) < 4.78 is 14.3. The molecule has 0 amide bonds. The van der Waals surface area contributed by atoms with E-state index in [9.17, 15) is 14.6 Å². The van der Waals surface area contributed by atoms with E-state index in [4.69, 9.17) is 0 Å². The van der Waals surface area contributed by atoms with Crippen molar-refractivity contribution in [1.29, 1.82) is 0 Å². The van der Waals surface area contributed by atoms with Gasteiger partial charge in [-0.25, -0.2) is 4.39 Å². The first-order valence-electron chi connectivity index (χ1n) is 10.2. The molecule has 4 aliphatic rings. The molecule has 2 N–H and O–H groups in total. The summed E-state index contributed by atoms with van der Waals surface area (Å²) in [6, 6.07) is 0. The van der Waals surface area contributed by atoms with E-state index in [1.54, 1.807) is 0 Å². The van der Waals surface area contributed by atoms with Crippen LogP contribution in [-0.4, -0.2) is 22.9 Å². The molecule has 140 valence electrons. The summed E-state index contributed by atoms with van der Waals surface area (Å²) in [5.41, 5.74) is 2.55. The molecule has 7 atom stereocenters. The molecule has 3 fully saturated rings. The van der Waals surface area contributed by atoms with Gasteiger partial charge in [0.2, 0.25) is 0 Å². The van der Waals surface area contributed by atoms with Gasteiger partial charge in [0.05, 0.1) is 12.7 Å². The maximum Gasteiger partial charge on any atom is 0.125 e. The van der Waals surface area contributed by atoms with Crippen molar-refractivity contribution in [3.8, 4) is 0 Å². The van der Waals surface area contributed by atoms with Gasteiger partial charge in [0.25, 0.3) is 0 Å². The monoisotopic (exact) mass is 348 g/mol. The highest BCUT2D eigenvalue weighted by Gasteiger charge is 2.58. The summed E-state index contributed by atoms with van der Waals surface area (Å²) in [7, 11) is 0. The van der Waals surface area contributed by atoms with Gasteiger partial charge in [-0.3, -0.25) is 0 Å². The van der Waals surface area contributed by atoms with Crippen molar-refractivity contribution in [2.75, 3.05) is 6.61 Å². The molecule has 0 spiro atoms. The van der Waals surface area contributed by atoms with E-state index in [0.29, 0.717) is 17.8 Å². The first kappa shape index (κ1) is 17.7. The highest BCUT2D eigenvalue weighted by Crippen LogP contribution is 2.66. The third kappa shape index (κ3) is 2.34. The Kier molecular flexibility index (Phi) is 4.20. The largest absolute Gasteiger partial charge is 0.393 e. The zero-order chi connectivity index (χ0) is 18.0. The molecule has 0 heterocycles. The molecule has 0 aromatic rings. The first-order chi connectivity index (χ1) is 11.8. The van der Waals surface area contributed by atoms with Gasteiger partial charge in [-0.2, -0.15) is 0 Å². The molecule has 25 heavy (non-hydrogen) atoms. The van der Waals surface area contributed by atoms with E-state index in [1.165, 1.54) is 5.57 Å². The van der Waals surface area contributed by atoms with Crippen LogP contribution in [0.1, 0.15) is 65.7 Å². The molecule has 0 aromatic carbocycles. The zero-order valence-corrected chi connectivity index (χ0v) is 15.9. The Labute approximate surface area is 151 Å². The van der Waals surface area contributed by atoms with Crippen LogP contribution in [0.5, 0.6) is 0 Å². The SMILES string of the molecule is CC1C2=CCC3C(CCC4(C)C(=C(F)CO)CCC34)C2(C)CCC1O. The van der Waals surface area contributed by atoms with Crippen molar-refractivity contribution in [1.82, 2.24) is 0 Å². The van der Waals surface area contributed by atoms with Crippen molar-refractivity contribution in [2.24, 2.45) is 34.5 Å². The molecule has 3 saturated carbocycles. The van der Waals surface area contributed by atoms with Crippen LogP contribution in [0.3, 0.4) is 0 Å². The quantitative estimate of drug-likeness (QED) is 0.670. The molecule has 7 unspecified atom stereocenters. The highest BCUT2D eigenvalue weighted by molar-refractivity contribution is 5.31. The second kappa shape index (κ2) is 5.92. The maximum absolute atomic E-state index is 14.3. The van der Waals surface area contributed by atoms with Crippen molar-refractivity contribution in [3.63, 3.8) is 0 Å². The average Bonchev–Trinajstić information content (AvgIpc) is 2.95. The smallest absolute Gasteiger partial charge is 0.125 e. The number of aliphatic hydroxyl groups excluding tert-OH is 2. The Morgan fingerprint density at radius 3 is 2.56 bits per heavy atom. The molecule has 4 aliphatic carbocycles. The summed E-state index contributed by atoms with van der Waals surface area (Å²) in [5, 5.41) is 19.6. The Hall–Kier alpha value is -0.670. The molecule has 0 bridgehead atoms. The second-order valence-electron chi connectivity index (χ2n) is 9.62. The summed E-state index contributed by atoms with van der Waals surface area (Å²) in [6.45, 7) is 6.43. The number of rotatable bonds is 1. The van der Waals surface area contributed by atoms with E-state index < -0.39 is 6.61 Å². The number of hydrogen-bond acceptors (Lipinski definition) is 2. The Morgan fingerprint density at radius 2 is 1.84 bits per heavy atom. The molecule has 0 radical (unpaired) electrons. The predicted molar refractivity (Wildman–Crippen MR) is 97.5 cm³/mol. The van der Waals surface area contributed by atoms with Gasteiger partial charge < -0.3 is 10.2 Å². The van der Waals surface area contributed by atoms with Crippen LogP contribution < -0.4 is 0 Å². The van der Waals surface area contributed by atoms with Crippen LogP contribution >= 0.6 is 0 Å². The first-order valence-corrected chi connectivity index (χ1v) is 10.2. The Bertz CT molecular complexity index is 624. The molecule has 0 aromatic heterocycles. The topological polar surface area (TPSA) is 40.5 Å². The van der Waals surface area contributed by atoms with Crippen LogP contribution in [0.15, 0.2) is 23.0 Å². The van der Waals surface area contributed by atoms with E-state index >= 15 is 0 Å². The normalized spacial score (nSPS) is 51.3. The van der Waals surface area contributed by atoms with Gasteiger partial charge in [-0.1, -0.05) is 32.4 Å². The van der Waals surface area contributed by atoms with Crippen molar-refractivity contribution < 1.29 is 14.6 Å². The lowest BCUT2D eigenvalue weighted by atomic mass is 9.46. The summed E-state index contributed by atoms with van der Waals surface area (Å²) in [6.07, 6.45) is 9.40. The van der Waals surface area contributed by atoms with Gasteiger partial charge in [0.15, 0.2) is 0 Å². The lowest BCUT2D eigenvalue weighted by molar-refractivity contribution is -0.0392. The summed E-state index contributed by atoms with van der Waals surface area (Å²) in [5.74, 6) is 1.83. The zero-order valence-electron chi connectivity index (χ0n) is 15.9. The number of halogens is 1. The fraction of sp³-hybridized carbons (Fsp3) is 0.818. The molecular formula is C22H33FO2. The van der Waals surface area contributed by atoms with Crippen LogP contribution in [0.4, 0.5) is 4.39 Å². The lowest BCUT2D eigenvalue weighted by Crippen LogP contribution is -2.51. The van der Waals surface area contributed by atoms with E-state index in [1.807, 2.05) is 0 Å². The van der Waals surface area contributed by atoms with E-state index in [-0.39, 0.29) is 28.7 Å². The van der Waals surface area contributed by atoms with E-state index in [2.05, 4.69) is 26.8 Å². The van der Waals surface area contributed by atoms with E-state index in [0.717, 1.165) is 50.5 Å². The van der Waals surface area contributed by atoms with Crippen molar-refractivity contribution in [2.45, 2.75) is 71.8 Å². The van der Waals surface area contributed by atoms with Gasteiger partial charge in [0.1, 0.15) is 5.83 Å². The standard InChI is InChI=1S/C22H33FO2/c1-13-15-5-4-14-16-6-7-18(19(23)12-24)22(16,3)10-8-17(14)21(15,2)11-9-20(13)25/h5,13-14,16-17,20,24-25H,4,6-12H2,1-3H3. The molecule has 2 nitrogen and oxygen atoms in total. The maximum atomic E-state index is 14.3. The lowest BCUT2D eigenvalue weighted by Gasteiger charge is -2.58. The van der Waals surface area contributed by atoms with Gasteiger partial charge >= 0.3 is 0 Å². The predicted octanol–water partition coefficient (Wildman–Crippen LogP) is 4.77. The second-order valence-corrected chi connectivity index (χ2v) is 9.62. The molecule has 3 heteroatoms. The minimum atomic E-state index is -0.442. The molecular weight excluding hydrogens is 315 g/mol. The minimum absolute atomic E-state index is 0.0600. The van der Waals surface area contributed by atoms with Crippen LogP contribution in [0.2, 0.25) is 0 Å². The Balaban J connectivity index is 1.70. The van der Waals surface area contributed by atoms with Crippen LogP contribution in [0, 0.1) is 34.5 Å². The number of fused-ring (bicyclic) bond motifs is 5. The van der Waals surface area contributed by atoms with Gasteiger partial charge in [-0.05, 0) is 79.1 Å². The van der Waals surface area contributed by atoms with Crippen molar-refractivity contribution >= 4 is 0 Å². The number of aliphatic hydroxyl groups is 2. The Morgan fingerprint density at radius 1 is 1.16 bits per heavy atom. The van der Waals surface area contributed by atoms with Gasteiger partial charge in [-0.15, -0.1) is 0 Å². The molecule has 0 saturated heterocycles. The summed E-state index contributed by atoms with van der Waals surface area (Å²) in [4.78, 5) is 0. The fourth-order valence-corrected chi connectivity index (χ4v) is 7.41. The van der Waals surface area contributed by atoms with Crippen LogP contribution in [-0.2, 0) is 0 Å². The third-order valence-electron chi connectivity index (χ3n) is 8.80. The van der Waals surface area contributed by atoms with Crippen molar-refractivity contribution in [3.05, 3.63) is 23.0 Å². The van der Waals surface area contributed by atoms with Crippen LogP contribution in [0.25, 0.3) is 0 Å².